The topological polar surface area (TPSA) is 72.6 Å². The summed E-state index contributed by atoms with van der Waals surface area (Å²) in [6.45, 7) is 2.02. The zero-order chi connectivity index (χ0) is 13.7. The number of carbonyl (C=O) groups is 2. The molecule has 0 aliphatic heterocycles. The van der Waals surface area contributed by atoms with Crippen LogP contribution >= 0.6 is 11.6 Å². The summed E-state index contributed by atoms with van der Waals surface area (Å²) in [6.07, 6.45) is 0. The SMILES string of the molecule is CCN(CC(=O)OC)C(=O)c1cccc(N)c1Cl. The summed E-state index contributed by atoms with van der Waals surface area (Å²) in [5, 5.41) is 0.200. The van der Waals surface area contributed by atoms with Crippen LogP contribution in [0.1, 0.15) is 17.3 Å². The first-order valence-electron chi connectivity index (χ1n) is 5.41. The molecule has 0 fully saturated rings. The number of nitrogens with two attached hydrogens (primary N) is 1. The number of amides is 1. The van der Waals surface area contributed by atoms with Gasteiger partial charge >= 0.3 is 5.97 Å². The molecule has 0 saturated heterocycles. The van der Waals surface area contributed by atoms with Crippen LogP contribution in [-0.4, -0.2) is 37.0 Å². The zero-order valence-electron chi connectivity index (χ0n) is 10.3. The minimum absolute atomic E-state index is 0.114. The lowest BCUT2D eigenvalue weighted by molar-refractivity contribution is -0.141. The van der Waals surface area contributed by atoms with Crippen molar-refractivity contribution in [2.24, 2.45) is 0 Å². The summed E-state index contributed by atoms with van der Waals surface area (Å²) >= 11 is 5.97. The van der Waals surface area contributed by atoms with Gasteiger partial charge in [-0.1, -0.05) is 17.7 Å². The standard InChI is InChI=1S/C12H15ClN2O3/c1-3-15(7-10(16)18-2)12(17)8-5-4-6-9(14)11(8)13/h4-6H,3,7,14H2,1-2H3. The van der Waals surface area contributed by atoms with Crippen LogP contribution in [0.25, 0.3) is 0 Å². The van der Waals surface area contributed by atoms with E-state index in [-0.39, 0.29) is 23.0 Å². The van der Waals surface area contributed by atoms with Crippen molar-refractivity contribution in [1.82, 2.24) is 4.90 Å². The first-order valence-corrected chi connectivity index (χ1v) is 5.79. The van der Waals surface area contributed by atoms with E-state index >= 15 is 0 Å². The molecule has 0 radical (unpaired) electrons. The van der Waals surface area contributed by atoms with Crippen LogP contribution in [0.4, 0.5) is 5.69 Å². The zero-order valence-corrected chi connectivity index (χ0v) is 11.0. The van der Waals surface area contributed by atoms with E-state index in [1.807, 2.05) is 0 Å². The minimum atomic E-state index is -0.481. The van der Waals surface area contributed by atoms with Gasteiger partial charge in [0.1, 0.15) is 6.54 Å². The van der Waals surface area contributed by atoms with Crippen molar-refractivity contribution in [1.29, 1.82) is 0 Å². The minimum Gasteiger partial charge on any atom is -0.468 e. The third-order valence-electron chi connectivity index (χ3n) is 2.48. The Labute approximate surface area is 110 Å². The average molecular weight is 271 g/mol. The highest BCUT2D eigenvalue weighted by Gasteiger charge is 2.20. The number of carbonyl (C=O) groups excluding carboxylic acids is 2. The normalized spacial score (nSPS) is 9.94. The highest BCUT2D eigenvalue weighted by molar-refractivity contribution is 6.36. The molecule has 5 nitrogen and oxygen atoms in total. The molecule has 1 amide bonds. The van der Waals surface area contributed by atoms with Crippen LogP contribution in [0.5, 0.6) is 0 Å². The average Bonchev–Trinajstić information content (AvgIpc) is 2.38. The molecule has 0 unspecified atom stereocenters. The molecule has 0 spiro atoms. The van der Waals surface area contributed by atoms with E-state index in [2.05, 4.69) is 4.74 Å². The molecule has 1 aromatic rings. The van der Waals surface area contributed by atoms with Crippen molar-refractivity contribution >= 4 is 29.2 Å². The van der Waals surface area contributed by atoms with Gasteiger partial charge in [-0.25, -0.2) is 0 Å². The van der Waals surface area contributed by atoms with Gasteiger partial charge in [-0.2, -0.15) is 0 Å². The smallest absolute Gasteiger partial charge is 0.325 e. The number of ether oxygens (including phenoxy) is 1. The highest BCUT2D eigenvalue weighted by Crippen LogP contribution is 2.24. The number of nitrogen functional groups attached to an aromatic ring is 1. The second-order valence-electron chi connectivity index (χ2n) is 3.60. The van der Waals surface area contributed by atoms with Crippen LogP contribution in [0.15, 0.2) is 18.2 Å². The molecule has 0 saturated carbocycles. The maximum Gasteiger partial charge on any atom is 0.325 e. The second-order valence-corrected chi connectivity index (χ2v) is 3.98. The number of benzene rings is 1. The lowest BCUT2D eigenvalue weighted by Gasteiger charge is -2.20. The third-order valence-corrected chi connectivity index (χ3v) is 2.90. The van der Waals surface area contributed by atoms with Gasteiger partial charge in [-0.15, -0.1) is 0 Å². The fourth-order valence-electron chi connectivity index (χ4n) is 1.43. The molecule has 0 bridgehead atoms. The number of anilines is 1. The Bertz CT molecular complexity index is 463. The molecular weight excluding hydrogens is 256 g/mol. The van der Waals surface area contributed by atoms with Crippen LogP contribution in [0, 0.1) is 0 Å². The number of rotatable bonds is 4. The van der Waals surface area contributed by atoms with Gasteiger partial charge in [-0.05, 0) is 19.1 Å². The van der Waals surface area contributed by atoms with Gasteiger partial charge < -0.3 is 15.4 Å². The number of halogens is 1. The van der Waals surface area contributed by atoms with E-state index in [4.69, 9.17) is 17.3 Å². The van der Waals surface area contributed by atoms with Crippen molar-refractivity contribution < 1.29 is 14.3 Å². The first kappa shape index (κ1) is 14.3. The predicted molar refractivity (Wildman–Crippen MR) is 69.5 cm³/mol. The number of hydrogen-bond donors (Lipinski definition) is 1. The molecule has 18 heavy (non-hydrogen) atoms. The van der Waals surface area contributed by atoms with Gasteiger partial charge in [0.2, 0.25) is 0 Å². The molecule has 0 atom stereocenters. The van der Waals surface area contributed by atoms with Crippen molar-refractivity contribution in [2.45, 2.75) is 6.92 Å². The maximum atomic E-state index is 12.2. The molecule has 0 heterocycles. The molecule has 1 rings (SSSR count). The number of methoxy groups -OCH3 is 1. The van der Waals surface area contributed by atoms with Gasteiger partial charge in [0.15, 0.2) is 0 Å². The van der Waals surface area contributed by atoms with Crippen molar-refractivity contribution in [3.63, 3.8) is 0 Å². The Balaban J connectivity index is 2.97. The lowest BCUT2D eigenvalue weighted by atomic mass is 10.1. The third kappa shape index (κ3) is 3.13. The van der Waals surface area contributed by atoms with Gasteiger partial charge in [-0.3, -0.25) is 9.59 Å². The number of likely N-dealkylation sites (N-methyl/N-ethyl adjacent to an activating group) is 1. The Morgan fingerprint density at radius 2 is 2.11 bits per heavy atom. The van der Waals surface area contributed by atoms with Gasteiger partial charge in [0.25, 0.3) is 5.91 Å². The summed E-state index contributed by atoms with van der Waals surface area (Å²) in [6, 6.07) is 4.82. The van der Waals surface area contributed by atoms with Gasteiger partial charge in [0.05, 0.1) is 23.4 Å². The highest BCUT2D eigenvalue weighted by atomic mass is 35.5. The molecule has 0 aliphatic rings. The second kappa shape index (κ2) is 6.26. The summed E-state index contributed by atoms with van der Waals surface area (Å²) in [5.41, 5.74) is 6.24. The number of esters is 1. The van der Waals surface area contributed by atoms with E-state index in [1.54, 1.807) is 25.1 Å². The van der Waals surface area contributed by atoms with Crippen LogP contribution < -0.4 is 5.73 Å². The number of nitrogens with zero attached hydrogens (tertiary/aromatic N) is 1. The lowest BCUT2D eigenvalue weighted by Crippen LogP contribution is -2.36. The molecular formula is C12H15ClN2O3. The maximum absolute atomic E-state index is 12.2. The summed E-state index contributed by atoms with van der Waals surface area (Å²) in [5.74, 6) is -0.828. The summed E-state index contributed by atoms with van der Waals surface area (Å²) in [4.78, 5) is 24.7. The quantitative estimate of drug-likeness (QED) is 0.666. The van der Waals surface area contributed by atoms with E-state index in [9.17, 15) is 9.59 Å². The monoisotopic (exact) mass is 270 g/mol. The molecule has 2 N–H and O–H groups in total. The van der Waals surface area contributed by atoms with Crippen molar-refractivity contribution in [3.8, 4) is 0 Å². The molecule has 0 aromatic heterocycles. The number of hydrogen-bond acceptors (Lipinski definition) is 4. The summed E-state index contributed by atoms with van der Waals surface area (Å²) < 4.78 is 4.53. The molecule has 1 aromatic carbocycles. The Morgan fingerprint density at radius 1 is 1.44 bits per heavy atom. The first-order chi connectivity index (χ1) is 8.51. The predicted octanol–water partition coefficient (Wildman–Crippen LogP) is 1.56. The van der Waals surface area contributed by atoms with Gasteiger partial charge in [0, 0.05) is 6.54 Å². The van der Waals surface area contributed by atoms with Crippen LogP contribution in [0.3, 0.4) is 0 Å². The van der Waals surface area contributed by atoms with E-state index in [0.29, 0.717) is 12.2 Å². The molecule has 98 valence electrons. The molecule has 6 heteroatoms. The largest absolute Gasteiger partial charge is 0.468 e. The van der Waals surface area contributed by atoms with E-state index in [1.165, 1.54) is 12.0 Å². The van der Waals surface area contributed by atoms with Crippen LogP contribution in [0.2, 0.25) is 5.02 Å². The van der Waals surface area contributed by atoms with E-state index in [0.717, 1.165) is 0 Å². The Morgan fingerprint density at radius 3 is 2.67 bits per heavy atom. The fourth-order valence-corrected chi connectivity index (χ4v) is 1.64. The van der Waals surface area contributed by atoms with Crippen molar-refractivity contribution in [3.05, 3.63) is 28.8 Å². The summed E-state index contributed by atoms with van der Waals surface area (Å²) in [7, 11) is 1.27. The van der Waals surface area contributed by atoms with E-state index < -0.39 is 5.97 Å². The van der Waals surface area contributed by atoms with Crippen LogP contribution in [-0.2, 0) is 9.53 Å². The van der Waals surface area contributed by atoms with Crippen molar-refractivity contribution in [2.75, 3.05) is 25.9 Å². The Kier molecular flexibility index (Phi) is 4.97. The fraction of sp³-hybridized carbons (Fsp3) is 0.333. The molecule has 0 aliphatic carbocycles. The Hall–Kier alpha value is -1.75.